The second-order valence-electron chi connectivity index (χ2n) is 7.03. The number of nitro groups is 1. The Balaban J connectivity index is 1.79. The molecule has 7 nitrogen and oxygen atoms in total. The summed E-state index contributed by atoms with van der Waals surface area (Å²) in [7, 11) is 1.59. The van der Waals surface area contributed by atoms with E-state index in [0.717, 1.165) is 11.1 Å². The number of carbonyl (C=O) groups is 1. The first kappa shape index (κ1) is 20.0. The van der Waals surface area contributed by atoms with Crippen molar-refractivity contribution in [2.45, 2.75) is 6.92 Å². The molecule has 4 rings (SSSR count). The van der Waals surface area contributed by atoms with Crippen LogP contribution in [0.1, 0.15) is 15.9 Å². The fourth-order valence-corrected chi connectivity index (χ4v) is 3.39. The highest BCUT2D eigenvalue weighted by Crippen LogP contribution is 2.32. The quantitative estimate of drug-likeness (QED) is 0.350. The van der Waals surface area contributed by atoms with Gasteiger partial charge in [-0.1, -0.05) is 29.8 Å². The molecule has 0 bridgehead atoms. The molecule has 0 atom stereocenters. The zero-order valence-electron chi connectivity index (χ0n) is 17.0. The maximum atomic E-state index is 13.1. The van der Waals surface area contributed by atoms with Gasteiger partial charge in [0.15, 0.2) is 0 Å². The number of aryl methyl sites for hydroxylation is 1. The molecule has 4 aromatic rings. The summed E-state index contributed by atoms with van der Waals surface area (Å²) < 4.78 is 5.50. The number of amides is 1. The van der Waals surface area contributed by atoms with Crippen LogP contribution in [-0.4, -0.2) is 22.9 Å². The first-order valence-corrected chi connectivity index (χ1v) is 9.57. The van der Waals surface area contributed by atoms with E-state index in [9.17, 15) is 14.9 Å². The maximum absolute atomic E-state index is 13.1. The van der Waals surface area contributed by atoms with Gasteiger partial charge in [0.1, 0.15) is 5.75 Å². The summed E-state index contributed by atoms with van der Waals surface area (Å²) in [5, 5.41) is 14.4. The molecular weight excluding hydrogens is 394 g/mol. The molecule has 31 heavy (non-hydrogen) atoms. The van der Waals surface area contributed by atoms with Gasteiger partial charge in [-0.3, -0.25) is 14.9 Å². The summed E-state index contributed by atoms with van der Waals surface area (Å²) in [5.41, 5.74) is 4.00. The minimum atomic E-state index is -0.483. The molecule has 1 N–H and O–H groups in total. The second kappa shape index (κ2) is 8.23. The molecule has 0 radical (unpaired) electrons. The topological polar surface area (TPSA) is 94.4 Å². The van der Waals surface area contributed by atoms with E-state index in [2.05, 4.69) is 5.32 Å². The van der Waals surface area contributed by atoms with Crippen molar-refractivity contribution in [2.24, 2.45) is 0 Å². The first-order chi connectivity index (χ1) is 15.0. The Kier molecular flexibility index (Phi) is 5.32. The lowest BCUT2D eigenvalue weighted by atomic mass is 10.0. The van der Waals surface area contributed by atoms with Gasteiger partial charge in [0.25, 0.3) is 11.6 Å². The maximum Gasteiger partial charge on any atom is 0.269 e. The van der Waals surface area contributed by atoms with Crippen LogP contribution in [0.4, 0.5) is 11.4 Å². The predicted molar refractivity (Wildman–Crippen MR) is 120 cm³/mol. The molecule has 0 aliphatic heterocycles. The van der Waals surface area contributed by atoms with Crippen LogP contribution in [0.3, 0.4) is 0 Å². The van der Waals surface area contributed by atoms with Gasteiger partial charge in [-0.15, -0.1) is 0 Å². The van der Waals surface area contributed by atoms with Crippen molar-refractivity contribution in [1.29, 1.82) is 0 Å². The van der Waals surface area contributed by atoms with Crippen LogP contribution in [0.25, 0.3) is 22.2 Å². The normalized spacial score (nSPS) is 10.6. The first-order valence-electron chi connectivity index (χ1n) is 9.57. The number of hydrogen-bond donors (Lipinski definition) is 1. The van der Waals surface area contributed by atoms with Gasteiger partial charge in [0.05, 0.1) is 28.8 Å². The van der Waals surface area contributed by atoms with Crippen molar-refractivity contribution in [3.63, 3.8) is 0 Å². The van der Waals surface area contributed by atoms with E-state index in [0.29, 0.717) is 33.6 Å². The average molecular weight is 413 g/mol. The van der Waals surface area contributed by atoms with Crippen LogP contribution in [0.15, 0.2) is 72.8 Å². The number of nitrogens with one attached hydrogen (secondary N) is 1. The van der Waals surface area contributed by atoms with Crippen molar-refractivity contribution in [2.75, 3.05) is 12.4 Å². The summed E-state index contributed by atoms with van der Waals surface area (Å²) >= 11 is 0. The third-order valence-corrected chi connectivity index (χ3v) is 4.93. The molecular formula is C24H19N3O4. The van der Waals surface area contributed by atoms with Gasteiger partial charge < -0.3 is 10.1 Å². The molecule has 0 saturated heterocycles. The zero-order valence-corrected chi connectivity index (χ0v) is 17.0. The molecule has 0 fully saturated rings. The molecule has 154 valence electrons. The van der Waals surface area contributed by atoms with E-state index in [-0.39, 0.29) is 11.6 Å². The predicted octanol–water partition coefficient (Wildman–Crippen LogP) is 5.38. The van der Waals surface area contributed by atoms with Crippen molar-refractivity contribution >= 4 is 28.2 Å². The Morgan fingerprint density at radius 2 is 1.77 bits per heavy atom. The van der Waals surface area contributed by atoms with Crippen molar-refractivity contribution < 1.29 is 14.5 Å². The number of non-ortho nitro benzene ring substituents is 1. The standard InChI is InChI=1S/C24H19N3O4/c1-15-7-12-23(31-2)20(13-15)22-14-19(18-5-3-4-6-21(18)26-22)24(28)25-16-8-10-17(11-9-16)27(29)30/h3-14H,1-2H3,(H,25,28). The molecule has 1 aromatic heterocycles. The van der Waals surface area contributed by atoms with Gasteiger partial charge in [-0.05, 0) is 43.3 Å². The number of nitro benzene ring substituents is 1. The largest absolute Gasteiger partial charge is 0.496 e. The number of fused-ring (bicyclic) bond motifs is 1. The molecule has 0 unspecified atom stereocenters. The lowest BCUT2D eigenvalue weighted by Crippen LogP contribution is -2.13. The smallest absolute Gasteiger partial charge is 0.269 e. The highest BCUT2D eigenvalue weighted by molar-refractivity contribution is 6.13. The molecule has 0 aliphatic carbocycles. The summed E-state index contributed by atoms with van der Waals surface area (Å²) in [5.74, 6) is 0.329. The van der Waals surface area contributed by atoms with Gasteiger partial charge in [-0.25, -0.2) is 4.98 Å². The van der Waals surface area contributed by atoms with Gasteiger partial charge in [0, 0.05) is 28.8 Å². The second-order valence-corrected chi connectivity index (χ2v) is 7.03. The molecule has 0 spiro atoms. The Bertz CT molecular complexity index is 1300. The highest BCUT2D eigenvalue weighted by atomic mass is 16.6. The van der Waals surface area contributed by atoms with Crippen molar-refractivity contribution in [1.82, 2.24) is 4.98 Å². The molecule has 1 amide bonds. The third-order valence-electron chi connectivity index (χ3n) is 4.93. The van der Waals surface area contributed by atoms with E-state index in [1.165, 1.54) is 24.3 Å². The number of methoxy groups -OCH3 is 1. The van der Waals surface area contributed by atoms with Crippen LogP contribution in [-0.2, 0) is 0 Å². The zero-order chi connectivity index (χ0) is 22.0. The molecule has 0 aliphatic rings. The average Bonchev–Trinajstić information content (AvgIpc) is 2.78. The summed E-state index contributed by atoms with van der Waals surface area (Å²) in [4.78, 5) is 28.3. The van der Waals surface area contributed by atoms with Crippen LogP contribution < -0.4 is 10.1 Å². The van der Waals surface area contributed by atoms with Gasteiger partial charge in [0.2, 0.25) is 0 Å². The number of aromatic nitrogens is 1. The number of anilines is 1. The lowest BCUT2D eigenvalue weighted by Gasteiger charge is -2.13. The lowest BCUT2D eigenvalue weighted by molar-refractivity contribution is -0.384. The van der Waals surface area contributed by atoms with Crippen molar-refractivity contribution in [3.8, 4) is 17.0 Å². The fraction of sp³-hybridized carbons (Fsp3) is 0.0833. The van der Waals surface area contributed by atoms with Crippen LogP contribution in [0.2, 0.25) is 0 Å². The van der Waals surface area contributed by atoms with Gasteiger partial charge >= 0.3 is 0 Å². The Hall–Kier alpha value is -4.26. The number of pyridine rings is 1. The highest BCUT2D eigenvalue weighted by Gasteiger charge is 2.17. The van der Waals surface area contributed by atoms with Crippen LogP contribution in [0.5, 0.6) is 5.75 Å². The number of ether oxygens (including phenoxy) is 1. The Labute approximate surface area is 178 Å². The minimum Gasteiger partial charge on any atom is -0.496 e. The Morgan fingerprint density at radius 3 is 2.48 bits per heavy atom. The minimum absolute atomic E-state index is 0.0406. The van der Waals surface area contributed by atoms with Crippen LogP contribution >= 0.6 is 0 Å². The summed E-state index contributed by atoms with van der Waals surface area (Å²) in [6, 6.07) is 20.6. The number of nitrogens with zero attached hydrogens (tertiary/aromatic N) is 2. The number of hydrogen-bond acceptors (Lipinski definition) is 5. The summed E-state index contributed by atoms with van der Waals surface area (Å²) in [6.07, 6.45) is 0. The van der Waals surface area contributed by atoms with Crippen molar-refractivity contribution in [3.05, 3.63) is 94.0 Å². The van der Waals surface area contributed by atoms with E-state index < -0.39 is 4.92 Å². The molecule has 0 saturated carbocycles. The molecule has 1 heterocycles. The number of rotatable bonds is 5. The molecule has 3 aromatic carbocycles. The van der Waals surface area contributed by atoms with Gasteiger partial charge in [-0.2, -0.15) is 0 Å². The van der Waals surface area contributed by atoms with E-state index in [1.54, 1.807) is 13.2 Å². The summed E-state index contributed by atoms with van der Waals surface area (Å²) in [6.45, 7) is 1.98. The fourth-order valence-electron chi connectivity index (χ4n) is 3.39. The Morgan fingerprint density at radius 1 is 1.03 bits per heavy atom. The van der Waals surface area contributed by atoms with E-state index >= 15 is 0 Å². The number of carbonyl (C=O) groups excluding carboxylic acids is 1. The monoisotopic (exact) mass is 413 g/mol. The third kappa shape index (κ3) is 4.06. The van der Waals surface area contributed by atoms with E-state index in [1.807, 2.05) is 49.4 Å². The number of benzene rings is 3. The molecule has 7 heteroatoms. The van der Waals surface area contributed by atoms with E-state index in [4.69, 9.17) is 9.72 Å². The SMILES string of the molecule is COc1ccc(C)cc1-c1cc(C(=O)Nc2ccc([N+](=O)[O-])cc2)c2ccccc2n1. The number of para-hydroxylation sites is 1. The van der Waals surface area contributed by atoms with Crippen LogP contribution in [0, 0.1) is 17.0 Å².